The van der Waals surface area contributed by atoms with Crippen molar-refractivity contribution in [2.24, 2.45) is 0 Å². The second-order valence-corrected chi connectivity index (χ2v) is 9.74. The van der Waals surface area contributed by atoms with E-state index in [0.717, 1.165) is 10.0 Å². The highest BCUT2D eigenvalue weighted by atomic mass is 79.9. The van der Waals surface area contributed by atoms with Gasteiger partial charge in [0, 0.05) is 10.5 Å². The molecule has 0 radical (unpaired) electrons. The van der Waals surface area contributed by atoms with Crippen LogP contribution >= 0.6 is 15.9 Å². The maximum atomic E-state index is 12.9. The Morgan fingerprint density at radius 3 is 2.28 bits per heavy atom. The molecule has 0 unspecified atom stereocenters. The summed E-state index contributed by atoms with van der Waals surface area (Å²) in [7, 11) is 0. The Labute approximate surface area is 196 Å². The maximum absolute atomic E-state index is 12.9. The summed E-state index contributed by atoms with van der Waals surface area (Å²) in [5.41, 5.74) is 3.78. The van der Waals surface area contributed by atoms with Crippen LogP contribution < -0.4 is 9.47 Å². The van der Waals surface area contributed by atoms with Crippen molar-refractivity contribution >= 4 is 33.8 Å². The number of carbonyl (C=O) groups excluding carboxylic acids is 2. The molecule has 0 atom stereocenters. The molecule has 32 heavy (non-hydrogen) atoms. The smallest absolute Gasteiger partial charge is 0.343 e. The fourth-order valence-corrected chi connectivity index (χ4v) is 3.78. The number of esters is 1. The summed E-state index contributed by atoms with van der Waals surface area (Å²) in [5, 5.41) is 0. The Balaban J connectivity index is 1.57. The lowest BCUT2D eigenvalue weighted by molar-refractivity contribution is 0.0734. The number of ether oxygens (including phenoxy) is 2. The quantitative estimate of drug-likeness (QED) is 0.228. The van der Waals surface area contributed by atoms with Crippen LogP contribution in [0.5, 0.6) is 11.5 Å². The Hall–Kier alpha value is -3.18. The van der Waals surface area contributed by atoms with Crippen molar-refractivity contribution in [1.82, 2.24) is 0 Å². The summed E-state index contributed by atoms with van der Waals surface area (Å²) >= 11 is 3.35. The van der Waals surface area contributed by atoms with Crippen molar-refractivity contribution in [3.05, 3.63) is 98.7 Å². The molecule has 0 saturated carbocycles. The van der Waals surface area contributed by atoms with Gasteiger partial charge in [0.05, 0.1) is 11.1 Å². The molecule has 1 aliphatic heterocycles. The summed E-state index contributed by atoms with van der Waals surface area (Å²) in [6.07, 6.45) is 1.74. The molecular formula is C27H23BrO4. The van der Waals surface area contributed by atoms with Gasteiger partial charge in [-0.15, -0.1) is 0 Å². The molecule has 0 aliphatic carbocycles. The summed E-state index contributed by atoms with van der Waals surface area (Å²) < 4.78 is 12.3. The molecule has 1 heterocycles. The molecule has 0 saturated heterocycles. The van der Waals surface area contributed by atoms with E-state index in [1.54, 1.807) is 49.4 Å². The van der Waals surface area contributed by atoms with Gasteiger partial charge in [0.25, 0.3) is 0 Å². The minimum atomic E-state index is -0.476. The second kappa shape index (κ2) is 8.40. The van der Waals surface area contributed by atoms with Crippen molar-refractivity contribution < 1.29 is 19.1 Å². The standard InChI is InChI=1S/C27H23BrO4/c1-16-13-21(31-26(30)18-7-11-20(28)12-8-18)15-22-24(16)25(29)23(32-22)14-17-5-9-19(10-6-17)27(2,3)4/h5-15H,1-4H3/b23-14-. The highest BCUT2D eigenvalue weighted by Gasteiger charge is 2.30. The summed E-state index contributed by atoms with van der Waals surface area (Å²) in [6.45, 7) is 8.28. The normalized spacial score (nSPS) is 14.3. The molecule has 0 fully saturated rings. The lowest BCUT2D eigenvalue weighted by Crippen LogP contribution is -2.10. The third-order valence-electron chi connectivity index (χ3n) is 5.31. The van der Waals surface area contributed by atoms with Crippen molar-refractivity contribution in [1.29, 1.82) is 0 Å². The van der Waals surface area contributed by atoms with Gasteiger partial charge < -0.3 is 9.47 Å². The fourth-order valence-electron chi connectivity index (χ4n) is 3.52. The first-order chi connectivity index (χ1) is 15.1. The van der Waals surface area contributed by atoms with E-state index < -0.39 is 5.97 Å². The SMILES string of the molecule is Cc1cc(OC(=O)c2ccc(Br)cc2)cc2c1C(=O)/C(=C/c1ccc(C(C)(C)C)cc1)O2. The third-order valence-corrected chi connectivity index (χ3v) is 5.84. The van der Waals surface area contributed by atoms with E-state index in [9.17, 15) is 9.59 Å². The van der Waals surface area contributed by atoms with Gasteiger partial charge in [-0.05, 0) is 65.4 Å². The molecule has 4 rings (SSSR count). The Kier molecular flexibility index (Phi) is 5.78. The predicted octanol–water partition coefficient (Wildman–Crippen LogP) is 6.89. The number of Topliss-reactive ketones (excluding diaryl/α,β-unsaturated/α-hetero) is 1. The van der Waals surface area contributed by atoms with Crippen molar-refractivity contribution in [3.63, 3.8) is 0 Å². The molecule has 0 N–H and O–H groups in total. The van der Waals surface area contributed by atoms with Crippen LogP contribution in [0.25, 0.3) is 6.08 Å². The number of hydrogen-bond acceptors (Lipinski definition) is 4. The summed E-state index contributed by atoms with van der Waals surface area (Å²) in [5.74, 6) is 0.325. The van der Waals surface area contributed by atoms with Gasteiger partial charge >= 0.3 is 5.97 Å². The average molecular weight is 491 g/mol. The van der Waals surface area contributed by atoms with Gasteiger partial charge in [-0.3, -0.25) is 4.79 Å². The highest BCUT2D eigenvalue weighted by Crippen LogP contribution is 2.38. The van der Waals surface area contributed by atoms with E-state index in [1.165, 1.54) is 5.56 Å². The number of halogens is 1. The molecule has 3 aromatic rings. The van der Waals surface area contributed by atoms with E-state index in [0.29, 0.717) is 28.2 Å². The van der Waals surface area contributed by atoms with Gasteiger partial charge in [0.1, 0.15) is 11.5 Å². The predicted molar refractivity (Wildman–Crippen MR) is 128 cm³/mol. The Morgan fingerprint density at radius 2 is 1.66 bits per heavy atom. The average Bonchev–Trinajstić information content (AvgIpc) is 3.03. The molecule has 3 aromatic carbocycles. The maximum Gasteiger partial charge on any atom is 0.343 e. The topological polar surface area (TPSA) is 52.6 Å². The van der Waals surface area contributed by atoms with Crippen molar-refractivity contribution in [2.75, 3.05) is 0 Å². The minimum Gasteiger partial charge on any atom is -0.452 e. The lowest BCUT2D eigenvalue weighted by atomic mass is 9.86. The number of carbonyl (C=O) groups is 2. The zero-order chi connectivity index (χ0) is 23.0. The number of aryl methyl sites for hydroxylation is 1. The molecular weight excluding hydrogens is 468 g/mol. The van der Waals surface area contributed by atoms with Crippen LogP contribution in [0.2, 0.25) is 0 Å². The van der Waals surface area contributed by atoms with E-state index in [-0.39, 0.29) is 17.0 Å². The third kappa shape index (κ3) is 4.53. The number of benzene rings is 3. The van der Waals surface area contributed by atoms with E-state index in [2.05, 4.69) is 48.8 Å². The number of allylic oxidation sites excluding steroid dienone is 1. The van der Waals surface area contributed by atoms with Crippen LogP contribution in [0.1, 0.15) is 58.2 Å². The van der Waals surface area contributed by atoms with Crippen LogP contribution in [0.4, 0.5) is 0 Å². The van der Waals surface area contributed by atoms with Crippen molar-refractivity contribution in [3.8, 4) is 11.5 Å². The summed E-state index contributed by atoms with van der Waals surface area (Å²) in [6, 6.07) is 18.2. The molecule has 162 valence electrons. The largest absolute Gasteiger partial charge is 0.452 e. The molecule has 0 aromatic heterocycles. The van der Waals surface area contributed by atoms with Gasteiger partial charge in [-0.2, -0.15) is 0 Å². The summed E-state index contributed by atoms with van der Waals surface area (Å²) in [4.78, 5) is 25.4. The van der Waals surface area contributed by atoms with Crippen LogP contribution in [0.15, 0.2) is 70.9 Å². The Bertz CT molecular complexity index is 1230. The molecule has 1 aliphatic rings. The zero-order valence-corrected chi connectivity index (χ0v) is 19.9. The van der Waals surface area contributed by atoms with Gasteiger partial charge in [0.15, 0.2) is 5.76 Å². The minimum absolute atomic E-state index is 0.0583. The van der Waals surface area contributed by atoms with E-state index in [1.807, 2.05) is 12.1 Å². The first kappa shape index (κ1) is 22.0. The van der Waals surface area contributed by atoms with Crippen LogP contribution in [-0.2, 0) is 5.41 Å². The first-order valence-electron chi connectivity index (χ1n) is 10.3. The van der Waals surface area contributed by atoms with Gasteiger partial charge in [-0.1, -0.05) is 61.0 Å². The lowest BCUT2D eigenvalue weighted by Gasteiger charge is -2.18. The van der Waals surface area contributed by atoms with E-state index >= 15 is 0 Å². The number of fused-ring (bicyclic) bond motifs is 1. The fraction of sp³-hybridized carbons (Fsp3) is 0.185. The second-order valence-electron chi connectivity index (χ2n) is 8.82. The monoisotopic (exact) mass is 490 g/mol. The van der Waals surface area contributed by atoms with Gasteiger partial charge in [0.2, 0.25) is 5.78 Å². The molecule has 4 nitrogen and oxygen atoms in total. The van der Waals surface area contributed by atoms with Crippen LogP contribution in [0.3, 0.4) is 0 Å². The molecule has 0 spiro atoms. The number of hydrogen-bond donors (Lipinski definition) is 0. The van der Waals surface area contributed by atoms with Crippen molar-refractivity contribution in [2.45, 2.75) is 33.1 Å². The number of ketones is 1. The highest BCUT2D eigenvalue weighted by molar-refractivity contribution is 9.10. The molecule has 5 heteroatoms. The molecule has 0 bridgehead atoms. The zero-order valence-electron chi connectivity index (χ0n) is 18.4. The molecule has 0 amide bonds. The van der Waals surface area contributed by atoms with Gasteiger partial charge in [-0.25, -0.2) is 4.79 Å². The van der Waals surface area contributed by atoms with E-state index in [4.69, 9.17) is 9.47 Å². The Morgan fingerprint density at radius 1 is 1.00 bits per heavy atom. The number of rotatable bonds is 3. The van der Waals surface area contributed by atoms with Crippen LogP contribution in [-0.4, -0.2) is 11.8 Å². The first-order valence-corrected chi connectivity index (χ1v) is 11.1. The van der Waals surface area contributed by atoms with Crippen LogP contribution in [0, 0.1) is 6.92 Å².